The van der Waals surface area contributed by atoms with Gasteiger partial charge in [0.25, 0.3) is 0 Å². The minimum Gasteiger partial charge on any atom is -0.339 e. The van der Waals surface area contributed by atoms with Crippen LogP contribution in [0.15, 0.2) is 33.7 Å². The molecule has 1 atom stereocenters. The Bertz CT molecular complexity index is 931. The molecule has 0 saturated heterocycles. The Balaban J connectivity index is 1.94. The summed E-state index contributed by atoms with van der Waals surface area (Å²) in [7, 11) is -2.09. The fourth-order valence-corrected chi connectivity index (χ4v) is 3.19. The quantitative estimate of drug-likeness (QED) is 0.752. The molecule has 0 aliphatic rings. The lowest BCUT2D eigenvalue weighted by atomic mass is 9.96. The smallest absolute Gasteiger partial charge is 0.238 e. The average Bonchev–Trinajstić information content (AvgIpc) is 3.09. The number of primary sulfonamides is 1. The van der Waals surface area contributed by atoms with Crippen LogP contribution in [0.3, 0.4) is 0 Å². The van der Waals surface area contributed by atoms with Crippen LogP contribution in [-0.2, 0) is 26.7 Å². The predicted molar refractivity (Wildman–Crippen MR) is 105 cm³/mol. The van der Waals surface area contributed by atoms with Gasteiger partial charge in [0, 0.05) is 25.3 Å². The molecule has 2 rings (SSSR count). The number of amides is 1. The van der Waals surface area contributed by atoms with Gasteiger partial charge in [0.2, 0.25) is 21.8 Å². The number of benzene rings is 1. The minimum absolute atomic E-state index is 0.0312. The van der Waals surface area contributed by atoms with Crippen molar-refractivity contribution in [1.82, 2.24) is 15.0 Å². The first-order chi connectivity index (χ1) is 12.9. The largest absolute Gasteiger partial charge is 0.339 e. The number of rotatable bonds is 7. The molecular weight excluding hydrogens is 380 g/mol. The number of carbonyl (C=O) groups is 1. The highest BCUT2D eigenvalue weighted by atomic mass is 32.2. The molecule has 1 aromatic carbocycles. The molecule has 0 aliphatic heterocycles. The van der Waals surface area contributed by atoms with Crippen molar-refractivity contribution in [2.45, 2.75) is 63.3 Å². The zero-order chi connectivity index (χ0) is 21.1. The van der Waals surface area contributed by atoms with E-state index in [1.54, 1.807) is 24.1 Å². The maximum Gasteiger partial charge on any atom is 0.238 e. The van der Waals surface area contributed by atoms with Crippen molar-refractivity contribution in [2.75, 3.05) is 7.05 Å². The fraction of sp³-hybridized carbons (Fsp3) is 0.526. The number of aryl methyl sites for hydroxylation is 1. The number of hydrogen-bond acceptors (Lipinski definition) is 6. The molecule has 9 heteroatoms. The van der Waals surface area contributed by atoms with E-state index in [1.807, 2.05) is 27.7 Å². The van der Waals surface area contributed by atoms with Crippen molar-refractivity contribution in [3.05, 3.63) is 41.5 Å². The molecule has 0 bridgehead atoms. The molecule has 2 aromatic rings. The topological polar surface area (TPSA) is 119 Å². The SMILES string of the molecule is CC(c1cccc(S(N)(=O)=O)c1)N(C)C(=O)CCCc1nc(C(C)(C)C)no1. The molecule has 0 radical (unpaired) electrons. The van der Waals surface area contributed by atoms with E-state index < -0.39 is 10.0 Å². The Morgan fingerprint density at radius 1 is 1.32 bits per heavy atom. The first-order valence-electron chi connectivity index (χ1n) is 9.11. The van der Waals surface area contributed by atoms with E-state index in [-0.39, 0.29) is 22.3 Å². The fourth-order valence-electron chi connectivity index (χ4n) is 2.62. The first-order valence-corrected chi connectivity index (χ1v) is 10.7. The molecule has 1 heterocycles. The standard InChI is InChI=1S/C19H28N4O4S/c1-13(14-8-6-9-15(12-14)28(20,25)26)23(5)17(24)11-7-10-16-21-18(22-27-16)19(2,3)4/h6,8-9,12-13H,7,10-11H2,1-5H3,(H2,20,25,26). The van der Waals surface area contributed by atoms with Gasteiger partial charge < -0.3 is 9.42 Å². The summed E-state index contributed by atoms with van der Waals surface area (Å²) in [5.41, 5.74) is 0.521. The molecule has 1 unspecified atom stereocenters. The van der Waals surface area contributed by atoms with Crippen molar-refractivity contribution in [3.63, 3.8) is 0 Å². The van der Waals surface area contributed by atoms with Gasteiger partial charge in [0.15, 0.2) is 5.82 Å². The highest BCUT2D eigenvalue weighted by Gasteiger charge is 2.22. The molecule has 0 aliphatic carbocycles. The molecule has 2 N–H and O–H groups in total. The zero-order valence-electron chi connectivity index (χ0n) is 17.0. The molecule has 1 aromatic heterocycles. The Morgan fingerprint density at radius 2 is 2.00 bits per heavy atom. The van der Waals surface area contributed by atoms with Crippen LogP contribution in [0.1, 0.15) is 63.9 Å². The summed E-state index contributed by atoms with van der Waals surface area (Å²) in [5, 5.41) is 9.16. The van der Waals surface area contributed by atoms with E-state index in [0.29, 0.717) is 36.5 Å². The number of aromatic nitrogens is 2. The van der Waals surface area contributed by atoms with Gasteiger partial charge in [-0.3, -0.25) is 4.79 Å². The van der Waals surface area contributed by atoms with E-state index in [2.05, 4.69) is 10.1 Å². The maximum absolute atomic E-state index is 12.5. The van der Waals surface area contributed by atoms with Crippen LogP contribution in [0.4, 0.5) is 0 Å². The number of sulfonamides is 1. The van der Waals surface area contributed by atoms with Crippen molar-refractivity contribution in [2.24, 2.45) is 5.14 Å². The summed E-state index contributed by atoms with van der Waals surface area (Å²) in [6.07, 6.45) is 1.43. The summed E-state index contributed by atoms with van der Waals surface area (Å²) >= 11 is 0. The highest BCUT2D eigenvalue weighted by Crippen LogP contribution is 2.23. The summed E-state index contributed by atoms with van der Waals surface area (Å²) in [4.78, 5) is 18.5. The molecule has 154 valence electrons. The second-order valence-electron chi connectivity index (χ2n) is 7.91. The van der Waals surface area contributed by atoms with Crippen LogP contribution in [0.5, 0.6) is 0 Å². The zero-order valence-corrected chi connectivity index (χ0v) is 17.8. The third-order valence-corrected chi connectivity index (χ3v) is 5.47. The molecule has 1 amide bonds. The van der Waals surface area contributed by atoms with Crippen LogP contribution in [0.2, 0.25) is 0 Å². The van der Waals surface area contributed by atoms with Crippen LogP contribution in [0, 0.1) is 0 Å². The number of carbonyl (C=O) groups excluding carboxylic acids is 1. The summed E-state index contributed by atoms with van der Waals surface area (Å²) in [6.45, 7) is 7.86. The lowest BCUT2D eigenvalue weighted by Gasteiger charge is -2.25. The summed E-state index contributed by atoms with van der Waals surface area (Å²) in [6, 6.07) is 6.03. The normalized spacial score (nSPS) is 13.4. The van der Waals surface area contributed by atoms with E-state index in [9.17, 15) is 13.2 Å². The van der Waals surface area contributed by atoms with Gasteiger partial charge in [-0.1, -0.05) is 38.1 Å². The van der Waals surface area contributed by atoms with E-state index in [0.717, 1.165) is 0 Å². The summed E-state index contributed by atoms with van der Waals surface area (Å²) < 4.78 is 28.3. The van der Waals surface area contributed by atoms with Crippen LogP contribution in [-0.4, -0.2) is 36.4 Å². The second kappa shape index (κ2) is 8.40. The lowest BCUT2D eigenvalue weighted by Crippen LogP contribution is -2.29. The van der Waals surface area contributed by atoms with Gasteiger partial charge in [0.1, 0.15) is 0 Å². The lowest BCUT2D eigenvalue weighted by molar-refractivity contribution is -0.131. The average molecular weight is 409 g/mol. The van der Waals surface area contributed by atoms with Gasteiger partial charge in [-0.25, -0.2) is 13.6 Å². The Hall–Kier alpha value is -2.26. The monoisotopic (exact) mass is 408 g/mol. The third-order valence-electron chi connectivity index (χ3n) is 4.56. The van der Waals surface area contributed by atoms with Crippen LogP contribution < -0.4 is 5.14 Å². The van der Waals surface area contributed by atoms with E-state index in [1.165, 1.54) is 12.1 Å². The molecule has 8 nitrogen and oxygen atoms in total. The van der Waals surface area contributed by atoms with Crippen molar-refractivity contribution >= 4 is 15.9 Å². The Labute approximate surface area is 166 Å². The van der Waals surface area contributed by atoms with Crippen LogP contribution >= 0.6 is 0 Å². The van der Waals surface area contributed by atoms with Gasteiger partial charge in [-0.15, -0.1) is 0 Å². The van der Waals surface area contributed by atoms with Crippen molar-refractivity contribution in [1.29, 1.82) is 0 Å². The number of hydrogen-bond donors (Lipinski definition) is 1. The van der Waals surface area contributed by atoms with Crippen molar-refractivity contribution < 1.29 is 17.7 Å². The second-order valence-corrected chi connectivity index (χ2v) is 9.47. The van der Waals surface area contributed by atoms with Gasteiger partial charge in [-0.05, 0) is 31.0 Å². The maximum atomic E-state index is 12.5. The molecule has 28 heavy (non-hydrogen) atoms. The summed E-state index contributed by atoms with van der Waals surface area (Å²) in [5.74, 6) is 1.12. The van der Waals surface area contributed by atoms with Gasteiger partial charge in [-0.2, -0.15) is 4.98 Å². The molecular formula is C19H28N4O4S. The Kier molecular flexibility index (Phi) is 6.61. The van der Waals surface area contributed by atoms with E-state index >= 15 is 0 Å². The van der Waals surface area contributed by atoms with E-state index in [4.69, 9.17) is 9.66 Å². The molecule has 0 spiro atoms. The predicted octanol–water partition coefficient (Wildman–Crippen LogP) is 2.56. The number of nitrogens with zero attached hydrogens (tertiary/aromatic N) is 3. The minimum atomic E-state index is -3.78. The number of nitrogens with two attached hydrogens (primary N) is 1. The third kappa shape index (κ3) is 5.62. The van der Waals surface area contributed by atoms with Gasteiger partial charge in [0.05, 0.1) is 10.9 Å². The first kappa shape index (κ1) is 22.0. The van der Waals surface area contributed by atoms with Crippen molar-refractivity contribution in [3.8, 4) is 0 Å². The van der Waals surface area contributed by atoms with Crippen LogP contribution in [0.25, 0.3) is 0 Å². The highest BCUT2D eigenvalue weighted by molar-refractivity contribution is 7.89. The Morgan fingerprint density at radius 3 is 2.57 bits per heavy atom. The molecule has 0 fully saturated rings. The van der Waals surface area contributed by atoms with Gasteiger partial charge >= 0.3 is 0 Å². The molecule has 0 saturated carbocycles.